The van der Waals surface area contributed by atoms with E-state index >= 15 is 0 Å². The maximum Gasteiger partial charge on any atom is 0.215 e. The largest absolute Gasteiger partial charge is 0.472 e. The summed E-state index contributed by atoms with van der Waals surface area (Å²) in [5.74, 6) is 0. The summed E-state index contributed by atoms with van der Waals surface area (Å²) < 4.78 is 11.7. The molecule has 0 radical (unpaired) electrons. The topological polar surface area (TPSA) is 38.7 Å². The smallest absolute Gasteiger partial charge is 0.215 e. The van der Waals surface area contributed by atoms with Crippen LogP contribution in [-0.4, -0.2) is 18.0 Å². The highest BCUT2D eigenvalue weighted by atomic mass is 16.7. The number of rotatable bonds is 3. The summed E-state index contributed by atoms with van der Waals surface area (Å²) in [6.07, 6.45) is 3.14. The third kappa shape index (κ3) is 1.45. The minimum absolute atomic E-state index is 0.0298. The zero-order valence-corrected chi connectivity index (χ0v) is 11.5. The van der Waals surface area contributed by atoms with E-state index in [0.717, 1.165) is 11.1 Å². The van der Waals surface area contributed by atoms with Crippen LogP contribution in [0.4, 0.5) is 0 Å². The first kappa shape index (κ1) is 12.6. The summed E-state index contributed by atoms with van der Waals surface area (Å²) in [5, 5.41) is 10.1. The Kier molecular flexibility index (Phi) is 2.67. The molecule has 2 aliphatic rings. The fourth-order valence-electron chi connectivity index (χ4n) is 3.48. The molecule has 106 valence electrons. The summed E-state index contributed by atoms with van der Waals surface area (Å²) in [7, 11) is 0. The number of hydrogen-bond acceptors (Lipinski definition) is 3. The summed E-state index contributed by atoms with van der Waals surface area (Å²) in [4.78, 5) is 0. The monoisotopic (exact) mass is 280 g/mol. The van der Waals surface area contributed by atoms with Crippen LogP contribution < -0.4 is 0 Å². The van der Waals surface area contributed by atoms with Crippen molar-refractivity contribution in [2.45, 2.75) is 11.9 Å². The van der Waals surface area contributed by atoms with E-state index in [0.29, 0.717) is 0 Å². The van der Waals surface area contributed by atoms with Gasteiger partial charge in [-0.1, -0.05) is 60.7 Å². The molecule has 3 heteroatoms. The van der Waals surface area contributed by atoms with Gasteiger partial charge in [0.1, 0.15) is 11.0 Å². The number of benzene rings is 2. The van der Waals surface area contributed by atoms with Gasteiger partial charge >= 0.3 is 0 Å². The Bertz CT molecular complexity index is 626. The Hall–Kier alpha value is -2.10. The summed E-state index contributed by atoms with van der Waals surface area (Å²) in [6, 6.07) is 20.0. The van der Waals surface area contributed by atoms with Gasteiger partial charge in [-0.2, -0.15) is 0 Å². The van der Waals surface area contributed by atoms with E-state index in [2.05, 4.69) is 0 Å². The highest BCUT2D eigenvalue weighted by Gasteiger charge is 2.70. The molecule has 4 rings (SSSR count). The maximum absolute atomic E-state index is 10.1. The molecule has 0 aliphatic carbocycles. The van der Waals surface area contributed by atoms with E-state index in [9.17, 15) is 5.11 Å². The SMILES string of the molecule is OC[C@]12C=CO[C@H]1OC2(c1ccccc1)c1ccccc1. The van der Waals surface area contributed by atoms with Crippen LogP contribution in [0.2, 0.25) is 0 Å². The lowest BCUT2D eigenvalue weighted by Crippen LogP contribution is -2.67. The van der Waals surface area contributed by atoms with Gasteiger partial charge in [0, 0.05) is 0 Å². The first-order chi connectivity index (χ1) is 10.3. The predicted molar refractivity (Wildman–Crippen MR) is 78.3 cm³/mol. The molecule has 1 saturated heterocycles. The molecule has 21 heavy (non-hydrogen) atoms. The number of ether oxygens (including phenoxy) is 2. The van der Waals surface area contributed by atoms with Crippen molar-refractivity contribution in [3.05, 3.63) is 84.1 Å². The molecule has 0 spiro atoms. The van der Waals surface area contributed by atoms with Crippen molar-refractivity contribution >= 4 is 0 Å². The highest BCUT2D eigenvalue weighted by Crippen LogP contribution is 2.63. The quantitative estimate of drug-likeness (QED) is 0.939. The molecular formula is C18H16O3. The molecule has 2 heterocycles. The van der Waals surface area contributed by atoms with Crippen LogP contribution in [0.3, 0.4) is 0 Å². The van der Waals surface area contributed by atoms with Crippen molar-refractivity contribution in [3.63, 3.8) is 0 Å². The average molecular weight is 280 g/mol. The average Bonchev–Trinajstić information content (AvgIpc) is 2.88. The van der Waals surface area contributed by atoms with E-state index < -0.39 is 17.3 Å². The molecule has 1 N–H and O–H groups in total. The van der Waals surface area contributed by atoms with E-state index in [1.807, 2.05) is 66.7 Å². The Balaban J connectivity index is 1.95. The van der Waals surface area contributed by atoms with E-state index in [1.54, 1.807) is 6.26 Å². The van der Waals surface area contributed by atoms with Crippen LogP contribution in [0.5, 0.6) is 0 Å². The zero-order valence-electron chi connectivity index (χ0n) is 11.5. The summed E-state index contributed by atoms with van der Waals surface area (Å²) in [5.41, 5.74) is 0.769. The highest BCUT2D eigenvalue weighted by molar-refractivity contribution is 5.46. The Morgan fingerprint density at radius 3 is 1.95 bits per heavy atom. The molecule has 2 aromatic carbocycles. The van der Waals surface area contributed by atoms with E-state index in [-0.39, 0.29) is 6.61 Å². The fraction of sp³-hybridized carbons (Fsp3) is 0.222. The van der Waals surface area contributed by atoms with Gasteiger partial charge in [0.2, 0.25) is 6.29 Å². The fourth-order valence-corrected chi connectivity index (χ4v) is 3.48. The molecule has 2 aliphatic heterocycles. The third-order valence-electron chi connectivity index (χ3n) is 4.55. The second-order valence-corrected chi connectivity index (χ2v) is 5.50. The van der Waals surface area contributed by atoms with Gasteiger partial charge in [0.25, 0.3) is 0 Å². The molecule has 2 aromatic rings. The summed E-state index contributed by atoms with van der Waals surface area (Å²) in [6.45, 7) is -0.0298. The molecule has 3 nitrogen and oxygen atoms in total. The van der Waals surface area contributed by atoms with Gasteiger partial charge in [0.15, 0.2) is 0 Å². The first-order valence-electron chi connectivity index (χ1n) is 7.06. The van der Waals surface area contributed by atoms with Crippen molar-refractivity contribution in [2.24, 2.45) is 5.41 Å². The normalized spacial score (nSPS) is 28.5. The van der Waals surface area contributed by atoms with Crippen LogP contribution in [0.25, 0.3) is 0 Å². The predicted octanol–water partition coefficient (Wildman–Crippen LogP) is 2.81. The van der Waals surface area contributed by atoms with Crippen molar-refractivity contribution in [1.29, 1.82) is 0 Å². The second-order valence-electron chi connectivity index (χ2n) is 5.50. The van der Waals surface area contributed by atoms with Crippen LogP contribution in [-0.2, 0) is 15.1 Å². The number of hydrogen-bond donors (Lipinski definition) is 1. The number of aliphatic hydroxyl groups excluding tert-OH is 1. The molecule has 0 bridgehead atoms. The van der Waals surface area contributed by atoms with E-state index in [1.165, 1.54) is 0 Å². The lowest BCUT2D eigenvalue weighted by Gasteiger charge is -2.58. The van der Waals surface area contributed by atoms with Gasteiger partial charge in [-0.15, -0.1) is 0 Å². The molecule has 2 atom stereocenters. The molecule has 0 aromatic heterocycles. The third-order valence-corrected chi connectivity index (χ3v) is 4.55. The Labute approximate surface area is 123 Å². The van der Waals surface area contributed by atoms with Crippen molar-refractivity contribution in [1.82, 2.24) is 0 Å². The van der Waals surface area contributed by atoms with Gasteiger partial charge in [-0.05, 0) is 17.2 Å². The second kappa shape index (κ2) is 4.45. The molecular weight excluding hydrogens is 264 g/mol. The van der Waals surface area contributed by atoms with Crippen molar-refractivity contribution < 1.29 is 14.6 Å². The van der Waals surface area contributed by atoms with Gasteiger partial charge in [-0.3, -0.25) is 0 Å². The zero-order chi connectivity index (χ0) is 14.3. The van der Waals surface area contributed by atoms with Crippen LogP contribution >= 0.6 is 0 Å². The lowest BCUT2D eigenvalue weighted by atomic mass is 9.61. The molecule has 0 unspecified atom stereocenters. The lowest BCUT2D eigenvalue weighted by molar-refractivity contribution is -0.360. The standard InChI is InChI=1S/C18H16O3/c19-13-17-11-12-20-16(17)21-18(17,14-7-3-1-4-8-14)15-9-5-2-6-10-15/h1-12,16,19H,13H2/t16-,17+/m0/s1. The van der Waals surface area contributed by atoms with Gasteiger partial charge in [0.05, 0.1) is 12.9 Å². The molecule has 1 fully saturated rings. The van der Waals surface area contributed by atoms with Crippen molar-refractivity contribution in [3.8, 4) is 0 Å². The molecule has 0 amide bonds. The minimum Gasteiger partial charge on any atom is -0.472 e. The van der Waals surface area contributed by atoms with Gasteiger partial charge < -0.3 is 14.6 Å². The van der Waals surface area contributed by atoms with Crippen LogP contribution in [0.15, 0.2) is 73.0 Å². The number of aliphatic hydroxyl groups is 1. The van der Waals surface area contributed by atoms with Gasteiger partial charge in [-0.25, -0.2) is 0 Å². The first-order valence-corrected chi connectivity index (χ1v) is 7.06. The summed E-state index contributed by atoms with van der Waals surface area (Å²) >= 11 is 0. The van der Waals surface area contributed by atoms with Crippen LogP contribution in [0, 0.1) is 5.41 Å². The molecule has 0 saturated carbocycles. The maximum atomic E-state index is 10.1. The Morgan fingerprint density at radius 1 is 0.905 bits per heavy atom. The number of fused-ring (bicyclic) bond motifs is 1. The van der Waals surface area contributed by atoms with Crippen molar-refractivity contribution in [2.75, 3.05) is 6.61 Å². The van der Waals surface area contributed by atoms with Crippen LogP contribution in [0.1, 0.15) is 11.1 Å². The van der Waals surface area contributed by atoms with E-state index in [4.69, 9.17) is 9.47 Å². The minimum atomic E-state index is -0.706. The Morgan fingerprint density at radius 2 is 1.48 bits per heavy atom.